The summed E-state index contributed by atoms with van der Waals surface area (Å²) >= 11 is 0. The maximum Gasteiger partial charge on any atom is 0.358 e. The Hall–Kier alpha value is -1.96. The number of carboxylic acids is 1. The molecule has 0 aromatic carbocycles. The van der Waals surface area contributed by atoms with Crippen molar-refractivity contribution < 1.29 is 14.7 Å². The molecule has 8 heteroatoms. The Morgan fingerprint density at radius 3 is 3.00 bits per heavy atom. The number of aromatic nitrogens is 3. The second-order valence-corrected chi connectivity index (χ2v) is 5.79. The number of nitrogens with zero attached hydrogens (tertiary/aromatic N) is 3. The molecule has 8 nitrogen and oxygen atoms in total. The Kier molecular flexibility index (Phi) is 4.56. The third-order valence-electron chi connectivity index (χ3n) is 3.87. The van der Waals surface area contributed by atoms with Gasteiger partial charge in [0.05, 0.1) is 18.3 Å². The highest BCUT2D eigenvalue weighted by molar-refractivity contribution is 5.86. The van der Waals surface area contributed by atoms with Crippen LogP contribution in [-0.2, 0) is 11.3 Å². The second kappa shape index (κ2) is 6.21. The average molecular weight is 295 g/mol. The van der Waals surface area contributed by atoms with Crippen LogP contribution in [0.5, 0.6) is 0 Å². The molecule has 1 heterocycles. The number of amides is 1. The molecular weight excluding hydrogens is 274 g/mol. The van der Waals surface area contributed by atoms with E-state index >= 15 is 0 Å². The zero-order valence-corrected chi connectivity index (χ0v) is 12.1. The van der Waals surface area contributed by atoms with Crippen LogP contribution in [0.15, 0.2) is 6.20 Å². The maximum atomic E-state index is 12.2. The van der Waals surface area contributed by atoms with Gasteiger partial charge in [-0.05, 0) is 18.8 Å². The van der Waals surface area contributed by atoms with Crippen LogP contribution >= 0.6 is 0 Å². The Labute approximate surface area is 122 Å². The van der Waals surface area contributed by atoms with Crippen molar-refractivity contribution in [3.8, 4) is 0 Å². The van der Waals surface area contributed by atoms with Crippen LogP contribution in [0.25, 0.3) is 0 Å². The molecule has 1 aromatic rings. The van der Waals surface area contributed by atoms with Crippen molar-refractivity contribution in [1.82, 2.24) is 20.3 Å². The minimum Gasteiger partial charge on any atom is -0.476 e. The molecule has 2 atom stereocenters. The predicted octanol–water partition coefficient (Wildman–Crippen LogP) is 0.000100. The van der Waals surface area contributed by atoms with Gasteiger partial charge < -0.3 is 16.2 Å². The first-order valence-corrected chi connectivity index (χ1v) is 7.11. The molecule has 0 spiro atoms. The molecule has 0 radical (unpaired) electrons. The number of hydrogen-bond acceptors (Lipinski definition) is 5. The van der Waals surface area contributed by atoms with Crippen LogP contribution in [0.2, 0.25) is 0 Å². The molecule has 1 aromatic heterocycles. The van der Waals surface area contributed by atoms with Gasteiger partial charge in [0.2, 0.25) is 5.91 Å². The summed E-state index contributed by atoms with van der Waals surface area (Å²) in [5.41, 5.74) is 5.29. The summed E-state index contributed by atoms with van der Waals surface area (Å²) in [5, 5.41) is 18.7. The molecule has 21 heavy (non-hydrogen) atoms. The summed E-state index contributed by atoms with van der Waals surface area (Å²) in [7, 11) is 0. The molecule has 1 fully saturated rings. The summed E-state index contributed by atoms with van der Waals surface area (Å²) in [4.78, 5) is 22.9. The highest BCUT2D eigenvalue weighted by atomic mass is 16.4. The van der Waals surface area contributed by atoms with Crippen molar-refractivity contribution in [2.24, 2.45) is 11.7 Å². The molecule has 1 saturated carbocycles. The number of carbonyl (C=O) groups excluding carboxylic acids is 1. The lowest BCUT2D eigenvalue weighted by Crippen LogP contribution is -2.56. The van der Waals surface area contributed by atoms with Crippen molar-refractivity contribution in [3.05, 3.63) is 11.9 Å². The van der Waals surface area contributed by atoms with Crippen LogP contribution in [0, 0.1) is 5.92 Å². The van der Waals surface area contributed by atoms with E-state index in [9.17, 15) is 9.59 Å². The topological polar surface area (TPSA) is 123 Å². The zero-order chi connectivity index (χ0) is 15.5. The van der Waals surface area contributed by atoms with E-state index in [1.165, 1.54) is 10.9 Å². The van der Waals surface area contributed by atoms with Crippen molar-refractivity contribution in [2.45, 2.75) is 44.7 Å². The molecular formula is C13H21N5O3. The van der Waals surface area contributed by atoms with Crippen LogP contribution < -0.4 is 11.1 Å². The molecule has 0 bridgehead atoms. The highest BCUT2D eigenvalue weighted by Crippen LogP contribution is 2.30. The predicted molar refractivity (Wildman–Crippen MR) is 74.5 cm³/mol. The Bertz CT molecular complexity index is 530. The zero-order valence-electron chi connectivity index (χ0n) is 12.1. The molecule has 2 rings (SSSR count). The van der Waals surface area contributed by atoms with E-state index in [1.807, 2.05) is 0 Å². The molecule has 116 valence electrons. The van der Waals surface area contributed by atoms with Crippen LogP contribution in [0.4, 0.5) is 0 Å². The van der Waals surface area contributed by atoms with Gasteiger partial charge in [0, 0.05) is 6.54 Å². The largest absolute Gasteiger partial charge is 0.476 e. The number of aromatic carboxylic acids is 1. The second-order valence-electron chi connectivity index (χ2n) is 5.79. The summed E-state index contributed by atoms with van der Waals surface area (Å²) < 4.78 is 1.39. The normalized spacial score (nSPS) is 25.5. The molecule has 1 aliphatic rings. The SMILES string of the molecule is CC1CCCC(N)(C(=O)NCCn2cc(C(=O)O)nn2)C1. The van der Waals surface area contributed by atoms with Gasteiger partial charge in [0.15, 0.2) is 5.69 Å². The van der Waals surface area contributed by atoms with Gasteiger partial charge in [-0.2, -0.15) is 0 Å². The summed E-state index contributed by atoms with van der Waals surface area (Å²) in [6.45, 7) is 2.81. The van der Waals surface area contributed by atoms with Gasteiger partial charge in [-0.1, -0.05) is 25.0 Å². The molecule has 4 N–H and O–H groups in total. The van der Waals surface area contributed by atoms with Crippen LogP contribution in [-0.4, -0.2) is 44.1 Å². The van der Waals surface area contributed by atoms with E-state index in [0.717, 1.165) is 12.8 Å². The Balaban J connectivity index is 1.82. The lowest BCUT2D eigenvalue weighted by atomic mass is 9.76. The molecule has 1 amide bonds. The standard InChI is InChI=1S/C13H21N5O3/c1-9-3-2-4-13(14,7-9)12(21)15-5-6-18-8-10(11(19)20)16-17-18/h8-9H,2-7,14H2,1H3,(H,15,21)(H,19,20). The van der Waals surface area contributed by atoms with Gasteiger partial charge in [0.25, 0.3) is 0 Å². The minimum atomic E-state index is -1.12. The van der Waals surface area contributed by atoms with Gasteiger partial charge in [-0.3, -0.25) is 4.79 Å². The van der Waals surface area contributed by atoms with E-state index in [0.29, 0.717) is 31.8 Å². The fourth-order valence-electron chi connectivity index (χ4n) is 2.76. The van der Waals surface area contributed by atoms with E-state index in [4.69, 9.17) is 10.8 Å². The fourth-order valence-corrected chi connectivity index (χ4v) is 2.76. The number of nitrogens with two attached hydrogens (primary N) is 1. The van der Waals surface area contributed by atoms with Crippen molar-refractivity contribution in [3.63, 3.8) is 0 Å². The smallest absolute Gasteiger partial charge is 0.358 e. The summed E-state index contributed by atoms with van der Waals surface area (Å²) in [6, 6.07) is 0. The molecule has 2 unspecified atom stereocenters. The van der Waals surface area contributed by atoms with Gasteiger partial charge in [-0.25, -0.2) is 9.48 Å². The highest BCUT2D eigenvalue weighted by Gasteiger charge is 2.37. The van der Waals surface area contributed by atoms with Gasteiger partial charge in [-0.15, -0.1) is 5.10 Å². The van der Waals surface area contributed by atoms with Crippen molar-refractivity contribution in [1.29, 1.82) is 0 Å². The first-order chi connectivity index (χ1) is 9.90. The van der Waals surface area contributed by atoms with E-state index in [-0.39, 0.29) is 11.6 Å². The first-order valence-electron chi connectivity index (χ1n) is 7.11. The van der Waals surface area contributed by atoms with E-state index in [2.05, 4.69) is 22.6 Å². The molecule has 1 aliphatic carbocycles. The fraction of sp³-hybridized carbons (Fsp3) is 0.692. The Morgan fingerprint density at radius 2 is 2.38 bits per heavy atom. The lowest BCUT2D eigenvalue weighted by Gasteiger charge is -2.35. The summed E-state index contributed by atoms with van der Waals surface area (Å²) in [5.74, 6) is -0.807. The summed E-state index contributed by atoms with van der Waals surface area (Å²) in [6.07, 6.45) is 4.82. The number of carboxylic acid groups (broad SMARTS) is 1. The minimum absolute atomic E-state index is 0.113. The third-order valence-corrected chi connectivity index (χ3v) is 3.87. The lowest BCUT2D eigenvalue weighted by molar-refractivity contribution is -0.128. The first kappa shape index (κ1) is 15.4. The van der Waals surface area contributed by atoms with E-state index in [1.54, 1.807) is 0 Å². The number of rotatable bonds is 5. The maximum absolute atomic E-state index is 12.2. The number of carbonyl (C=O) groups is 2. The monoisotopic (exact) mass is 295 g/mol. The number of nitrogens with one attached hydrogen (secondary N) is 1. The Morgan fingerprint density at radius 1 is 1.62 bits per heavy atom. The average Bonchev–Trinajstić information content (AvgIpc) is 2.87. The van der Waals surface area contributed by atoms with Crippen molar-refractivity contribution in [2.75, 3.05) is 6.54 Å². The van der Waals surface area contributed by atoms with E-state index < -0.39 is 11.5 Å². The third kappa shape index (κ3) is 3.78. The van der Waals surface area contributed by atoms with Crippen molar-refractivity contribution >= 4 is 11.9 Å². The van der Waals surface area contributed by atoms with Gasteiger partial charge >= 0.3 is 5.97 Å². The number of hydrogen-bond donors (Lipinski definition) is 3. The molecule has 0 aliphatic heterocycles. The van der Waals surface area contributed by atoms with Crippen LogP contribution in [0.1, 0.15) is 43.1 Å². The quantitative estimate of drug-likeness (QED) is 0.702. The van der Waals surface area contributed by atoms with Gasteiger partial charge in [0.1, 0.15) is 0 Å². The van der Waals surface area contributed by atoms with Crippen LogP contribution in [0.3, 0.4) is 0 Å². The molecule has 0 saturated heterocycles.